The molecule has 0 aliphatic rings. The number of hydrogen-bond acceptors (Lipinski definition) is 5. The van der Waals surface area contributed by atoms with Crippen LogP contribution in [0.3, 0.4) is 0 Å². The van der Waals surface area contributed by atoms with Crippen LogP contribution in [-0.4, -0.2) is 15.6 Å². The quantitative estimate of drug-likeness (QED) is 0.767. The maximum Gasteiger partial charge on any atom is 0.143 e. The van der Waals surface area contributed by atoms with Crippen LogP contribution in [-0.2, 0) is 0 Å². The molecule has 0 bridgehead atoms. The smallest absolute Gasteiger partial charge is 0.143 e. The molecule has 0 spiro atoms. The van der Waals surface area contributed by atoms with E-state index in [1.54, 1.807) is 17.7 Å². The van der Waals surface area contributed by atoms with Gasteiger partial charge in [-0.05, 0) is 44.4 Å². The number of benzene rings is 1. The standard InChI is InChI=1S/C16H17N3OS/c1-16(2,3)20-13-7-5-4-6-12(13)19-14-11-8-9-21-15(11)18-10-17-14/h4-10H,1-3H3,(H,17,18,19). The summed E-state index contributed by atoms with van der Waals surface area (Å²) in [4.78, 5) is 9.58. The predicted octanol–water partition coefficient (Wildman–Crippen LogP) is 4.61. The first-order chi connectivity index (χ1) is 10.0. The maximum atomic E-state index is 6.00. The molecule has 5 heteroatoms. The Labute approximate surface area is 127 Å². The molecule has 0 atom stereocenters. The van der Waals surface area contributed by atoms with Crippen molar-refractivity contribution in [3.05, 3.63) is 42.0 Å². The molecule has 0 unspecified atom stereocenters. The Morgan fingerprint density at radius 3 is 2.71 bits per heavy atom. The average Bonchev–Trinajstić information content (AvgIpc) is 2.89. The highest BCUT2D eigenvalue weighted by atomic mass is 32.1. The van der Waals surface area contributed by atoms with Gasteiger partial charge in [0.2, 0.25) is 0 Å². The van der Waals surface area contributed by atoms with Crippen molar-refractivity contribution in [2.45, 2.75) is 26.4 Å². The normalized spacial score (nSPS) is 11.6. The number of nitrogens with zero attached hydrogens (tertiary/aromatic N) is 2. The molecule has 1 aromatic carbocycles. The monoisotopic (exact) mass is 299 g/mol. The van der Waals surface area contributed by atoms with Crippen LogP contribution in [0.1, 0.15) is 20.8 Å². The fraction of sp³-hybridized carbons (Fsp3) is 0.250. The first-order valence-electron chi connectivity index (χ1n) is 6.76. The minimum absolute atomic E-state index is 0.249. The van der Waals surface area contributed by atoms with Gasteiger partial charge in [-0.2, -0.15) is 0 Å². The van der Waals surface area contributed by atoms with Gasteiger partial charge in [-0.25, -0.2) is 9.97 Å². The van der Waals surface area contributed by atoms with Gasteiger partial charge in [0, 0.05) is 0 Å². The molecule has 0 fully saturated rings. The van der Waals surface area contributed by atoms with E-state index in [1.807, 2.05) is 56.5 Å². The summed E-state index contributed by atoms with van der Waals surface area (Å²) in [6.45, 7) is 6.10. The van der Waals surface area contributed by atoms with E-state index < -0.39 is 0 Å². The third-order valence-electron chi connectivity index (χ3n) is 2.82. The number of para-hydroxylation sites is 2. The zero-order valence-corrected chi connectivity index (χ0v) is 13.1. The molecule has 1 N–H and O–H groups in total. The Morgan fingerprint density at radius 1 is 1.10 bits per heavy atom. The highest BCUT2D eigenvalue weighted by molar-refractivity contribution is 7.16. The average molecular weight is 299 g/mol. The van der Waals surface area contributed by atoms with Crippen LogP contribution in [0.5, 0.6) is 5.75 Å². The minimum atomic E-state index is -0.249. The number of fused-ring (bicyclic) bond motifs is 1. The summed E-state index contributed by atoms with van der Waals surface area (Å²) in [5.74, 6) is 1.61. The van der Waals surface area contributed by atoms with Crippen molar-refractivity contribution in [3.8, 4) is 5.75 Å². The summed E-state index contributed by atoms with van der Waals surface area (Å²) in [5, 5.41) is 6.39. The Morgan fingerprint density at radius 2 is 1.90 bits per heavy atom. The topological polar surface area (TPSA) is 47.0 Å². The lowest BCUT2D eigenvalue weighted by molar-refractivity contribution is 0.132. The molecule has 0 radical (unpaired) electrons. The van der Waals surface area contributed by atoms with Gasteiger partial charge in [0.25, 0.3) is 0 Å². The van der Waals surface area contributed by atoms with Gasteiger partial charge >= 0.3 is 0 Å². The first-order valence-corrected chi connectivity index (χ1v) is 7.64. The molecule has 4 nitrogen and oxygen atoms in total. The third-order valence-corrected chi connectivity index (χ3v) is 3.64. The number of ether oxygens (including phenoxy) is 1. The molecule has 0 saturated carbocycles. The summed E-state index contributed by atoms with van der Waals surface area (Å²) in [6.07, 6.45) is 1.58. The van der Waals surface area contributed by atoms with Crippen molar-refractivity contribution >= 4 is 33.1 Å². The van der Waals surface area contributed by atoms with Crippen molar-refractivity contribution < 1.29 is 4.74 Å². The van der Waals surface area contributed by atoms with Gasteiger partial charge in [-0.1, -0.05) is 12.1 Å². The Bertz CT molecular complexity index is 761. The van der Waals surface area contributed by atoms with Crippen LogP contribution >= 0.6 is 11.3 Å². The second-order valence-corrected chi connectivity index (χ2v) is 6.59. The number of anilines is 2. The van der Waals surface area contributed by atoms with Crippen molar-refractivity contribution in [2.75, 3.05) is 5.32 Å². The van der Waals surface area contributed by atoms with E-state index in [-0.39, 0.29) is 5.60 Å². The van der Waals surface area contributed by atoms with E-state index in [2.05, 4.69) is 15.3 Å². The second kappa shape index (κ2) is 5.33. The molecule has 0 saturated heterocycles. The summed E-state index contributed by atoms with van der Waals surface area (Å²) in [7, 11) is 0. The third kappa shape index (κ3) is 3.13. The van der Waals surface area contributed by atoms with Crippen molar-refractivity contribution in [2.24, 2.45) is 0 Å². The van der Waals surface area contributed by atoms with Gasteiger partial charge in [-0.3, -0.25) is 0 Å². The van der Waals surface area contributed by atoms with E-state index in [0.717, 1.165) is 27.5 Å². The molecular weight excluding hydrogens is 282 g/mol. The highest BCUT2D eigenvalue weighted by Crippen LogP contribution is 2.32. The number of rotatable bonds is 3. The molecule has 108 valence electrons. The summed E-state index contributed by atoms with van der Waals surface area (Å²) in [6, 6.07) is 9.91. The number of hydrogen-bond donors (Lipinski definition) is 1. The number of nitrogens with one attached hydrogen (secondary N) is 1. The largest absolute Gasteiger partial charge is 0.486 e. The lowest BCUT2D eigenvalue weighted by Crippen LogP contribution is -2.23. The van der Waals surface area contributed by atoms with Crippen LogP contribution < -0.4 is 10.1 Å². The van der Waals surface area contributed by atoms with E-state index in [0.29, 0.717) is 0 Å². The summed E-state index contributed by atoms with van der Waals surface area (Å²) in [5.41, 5.74) is 0.653. The van der Waals surface area contributed by atoms with Gasteiger partial charge < -0.3 is 10.1 Å². The molecule has 0 aliphatic carbocycles. The van der Waals surface area contributed by atoms with E-state index in [4.69, 9.17) is 4.74 Å². The molecule has 21 heavy (non-hydrogen) atoms. The first kappa shape index (κ1) is 13.8. The number of thiophene rings is 1. The summed E-state index contributed by atoms with van der Waals surface area (Å²) >= 11 is 1.60. The fourth-order valence-corrected chi connectivity index (χ4v) is 2.74. The van der Waals surface area contributed by atoms with Gasteiger partial charge in [0.15, 0.2) is 0 Å². The molecular formula is C16H17N3OS. The van der Waals surface area contributed by atoms with Crippen LogP contribution in [0, 0.1) is 0 Å². The van der Waals surface area contributed by atoms with Crippen LogP contribution in [0.25, 0.3) is 10.2 Å². The second-order valence-electron chi connectivity index (χ2n) is 5.70. The fourth-order valence-electron chi connectivity index (χ4n) is 2.01. The van der Waals surface area contributed by atoms with E-state index >= 15 is 0 Å². The minimum Gasteiger partial charge on any atom is -0.486 e. The Hall–Kier alpha value is -2.14. The molecule has 0 amide bonds. The zero-order valence-electron chi connectivity index (χ0n) is 12.3. The predicted molar refractivity (Wildman–Crippen MR) is 87.5 cm³/mol. The van der Waals surface area contributed by atoms with Crippen LogP contribution in [0.4, 0.5) is 11.5 Å². The molecule has 3 rings (SSSR count). The molecule has 2 heterocycles. The lowest BCUT2D eigenvalue weighted by Gasteiger charge is -2.23. The van der Waals surface area contributed by atoms with E-state index in [1.165, 1.54) is 0 Å². The van der Waals surface area contributed by atoms with Crippen LogP contribution in [0.2, 0.25) is 0 Å². The SMILES string of the molecule is CC(C)(C)Oc1ccccc1Nc1ncnc2sccc12. The summed E-state index contributed by atoms with van der Waals surface area (Å²) < 4.78 is 6.00. The van der Waals surface area contributed by atoms with Crippen molar-refractivity contribution in [3.63, 3.8) is 0 Å². The van der Waals surface area contributed by atoms with Gasteiger partial charge in [-0.15, -0.1) is 11.3 Å². The Kier molecular flexibility index (Phi) is 3.51. The van der Waals surface area contributed by atoms with Crippen molar-refractivity contribution in [1.29, 1.82) is 0 Å². The van der Waals surface area contributed by atoms with Gasteiger partial charge in [0.05, 0.1) is 11.1 Å². The van der Waals surface area contributed by atoms with E-state index in [9.17, 15) is 0 Å². The van der Waals surface area contributed by atoms with Crippen LogP contribution in [0.15, 0.2) is 42.0 Å². The zero-order chi connectivity index (χ0) is 14.9. The molecule has 0 aliphatic heterocycles. The van der Waals surface area contributed by atoms with Crippen molar-refractivity contribution in [1.82, 2.24) is 9.97 Å². The highest BCUT2D eigenvalue weighted by Gasteiger charge is 2.15. The van der Waals surface area contributed by atoms with Gasteiger partial charge in [0.1, 0.15) is 28.3 Å². The number of aromatic nitrogens is 2. The molecule has 3 aromatic rings. The lowest BCUT2D eigenvalue weighted by atomic mass is 10.2. The Balaban J connectivity index is 1.97. The molecule has 2 aromatic heterocycles. The maximum absolute atomic E-state index is 6.00.